The summed E-state index contributed by atoms with van der Waals surface area (Å²) < 4.78 is 2.04. The third-order valence-electron chi connectivity index (χ3n) is 3.71. The number of thiophene rings is 1. The summed E-state index contributed by atoms with van der Waals surface area (Å²) in [7, 11) is 2.00. The van der Waals surface area contributed by atoms with Crippen molar-refractivity contribution in [3.05, 3.63) is 49.6 Å². The smallest absolute Gasteiger partial charge is 0.191 e. The zero-order chi connectivity index (χ0) is 16.6. The van der Waals surface area contributed by atoms with Gasteiger partial charge in [0.1, 0.15) is 0 Å². The normalized spacial score (nSPS) is 11.2. The van der Waals surface area contributed by atoms with Crippen molar-refractivity contribution in [3.63, 3.8) is 0 Å². The Morgan fingerprint density at radius 3 is 2.61 bits per heavy atom. The number of halogens is 2. The van der Waals surface area contributed by atoms with Gasteiger partial charge in [-0.1, -0.05) is 41.0 Å². The molecule has 0 N–H and O–H groups in total. The number of hydrogen-bond donors (Lipinski definition) is 0. The Bertz CT molecular complexity index is 855. The van der Waals surface area contributed by atoms with Crippen molar-refractivity contribution >= 4 is 46.3 Å². The van der Waals surface area contributed by atoms with Gasteiger partial charge in [-0.05, 0) is 37.1 Å². The number of hydrogen-bond acceptors (Lipinski definition) is 4. The molecule has 0 saturated heterocycles. The number of aromatic nitrogens is 3. The molecule has 0 spiro atoms. The summed E-state index contributed by atoms with van der Waals surface area (Å²) in [6.07, 6.45) is 0. The number of rotatable bonds is 4. The zero-order valence-corrected chi connectivity index (χ0v) is 16.1. The van der Waals surface area contributed by atoms with Gasteiger partial charge in [0, 0.05) is 28.6 Å². The van der Waals surface area contributed by atoms with Crippen LogP contribution in [0.1, 0.15) is 16.0 Å². The first-order chi connectivity index (χ1) is 11.0. The molecule has 0 radical (unpaired) electrons. The lowest BCUT2D eigenvalue weighted by atomic mass is 10.2. The molecule has 23 heavy (non-hydrogen) atoms. The molecular weight excluding hydrogens is 369 g/mol. The summed E-state index contributed by atoms with van der Waals surface area (Å²) in [5.74, 6) is 1.67. The van der Waals surface area contributed by atoms with Crippen molar-refractivity contribution in [2.45, 2.75) is 24.8 Å². The fourth-order valence-corrected chi connectivity index (χ4v) is 4.22. The fourth-order valence-electron chi connectivity index (χ4n) is 2.19. The van der Waals surface area contributed by atoms with Crippen LogP contribution in [0.3, 0.4) is 0 Å². The zero-order valence-electron chi connectivity index (χ0n) is 12.9. The largest absolute Gasteiger partial charge is 0.305 e. The third kappa shape index (κ3) is 3.43. The Kier molecular flexibility index (Phi) is 5.01. The second-order valence-corrected chi connectivity index (χ2v) is 8.07. The van der Waals surface area contributed by atoms with Gasteiger partial charge in [-0.25, -0.2) is 0 Å². The van der Waals surface area contributed by atoms with Gasteiger partial charge >= 0.3 is 0 Å². The SMILES string of the molecule is Cc1scc(-c2nnc(SCc3ccc(Cl)c(Cl)c3)n2C)c1C. The summed E-state index contributed by atoms with van der Waals surface area (Å²) in [4.78, 5) is 1.31. The Morgan fingerprint density at radius 2 is 1.96 bits per heavy atom. The van der Waals surface area contributed by atoms with Crippen molar-refractivity contribution in [1.29, 1.82) is 0 Å². The first-order valence-corrected chi connectivity index (χ1v) is 9.60. The van der Waals surface area contributed by atoms with E-state index in [1.807, 2.05) is 29.8 Å². The second kappa shape index (κ2) is 6.85. The fraction of sp³-hybridized carbons (Fsp3) is 0.250. The monoisotopic (exact) mass is 383 g/mol. The lowest BCUT2D eigenvalue weighted by molar-refractivity contribution is 0.793. The minimum absolute atomic E-state index is 0.574. The second-order valence-electron chi connectivity index (χ2n) is 5.23. The molecule has 0 aliphatic rings. The molecule has 120 valence electrons. The van der Waals surface area contributed by atoms with E-state index in [0.29, 0.717) is 10.0 Å². The predicted molar refractivity (Wildman–Crippen MR) is 99.8 cm³/mol. The summed E-state index contributed by atoms with van der Waals surface area (Å²) in [6.45, 7) is 4.25. The van der Waals surface area contributed by atoms with Gasteiger partial charge in [-0.2, -0.15) is 0 Å². The molecule has 0 atom stereocenters. The summed E-state index contributed by atoms with van der Waals surface area (Å²) in [6, 6.07) is 5.69. The van der Waals surface area contributed by atoms with Crippen molar-refractivity contribution in [2.24, 2.45) is 7.05 Å². The molecule has 1 aromatic carbocycles. The third-order valence-corrected chi connectivity index (χ3v) is 6.56. The van der Waals surface area contributed by atoms with Crippen molar-refractivity contribution < 1.29 is 0 Å². The van der Waals surface area contributed by atoms with Crippen LogP contribution in [0, 0.1) is 13.8 Å². The number of nitrogens with zero attached hydrogens (tertiary/aromatic N) is 3. The average molecular weight is 384 g/mol. The quantitative estimate of drug-likeness (QED) is 0.536. The molecule has 0 aliphatic carbocycles. The van der Waals surface area contributed by atoms with Gasteiger partial charge in [-0.3, -0.25) is 0 Å². The number of aryl methyl sites for hydroxylation is 1. The summed E-state index contributed by atoms with van der Waals surface area (Å²) >= 11 is 15.4. The van der Waals surface area contributed by atoms with Gasteiger partial charge in [0.2, 0.25) is 0 Å². The molecule has 0 amide bonds. The van der Waals surface area contributed by atoms with E-state index in [-0.39, 0.29) is 0 Å². The molecule has 3 rings (SSSR count). The van der Waals surface area contributed by atoms with Crippen LogP contribution >= 0.6 is 46.3 Å². The van der Waals surface area contributed by atoms with E-state index >= 15 is 0 Å². The van der Waals surface area contributed by atoms with E-state index < -0.39 is 0 Å². The summed E-state index contributed by atoms with van der Waals surface area (Å²) in [5.41, 5.74) is 3.53. The highest BCUT2D eigenvalue weighted by molar-refractivity contribution is 7.98. The molecule has 3 aromatic rings. The standard InChI is InChI=1S/C16H15Cl2N3S2/c1-9-10(2)22-8-12(9)15-19-20-16(21(15)3)23-7-11-4-5-13(17)14(18)6-11/h4-6,8H,7H2,1-3H3. The maximum Gasteiger partial charge on any atom is 0.191 e. The van der Waals surface area contributed by atoms with Crippen molar-refractivity contribution in [3.8, 4) is 11.4 Å². The van der Waals surface area contributed by atoms with Gasteiger partial charge in [0.25, 0.3) is 0 Å². The molecule has 3 nitrogen and oxygen atoms in total. The molecule has 0 bridgehead atoms. The Morgan fingerprint density at radius 1 is 1.17 bits per heavy atom. The van der Waals surface area contributed by atoms with Gasteiger partial charge in [0.15, 0.2) is 11.0 Å². The predicted octanol–water partition coefficient (Wildman–Crippen LogP) is 5.76. The van der Waals surface area contributed by atoms with Crippen molar-refractivity contribution in [2.75, 3.05) is 0 Å². The Hall–Kier alpha value is -1.01. The maximum absolute atomic E-state index is 6.06. The van der Waals surface area contributed by atoms with E-state index in [1.54, 1.807) is 23.1 Å². The van der Waals surface area contributed by atoms with Gasteiger partial charge in [-0.15, -0.1) is 21.5 Å². The van der Waals surface area contributed by atoms with Crippen LogP contribution in [-0.4, -0.2) is 14.8 Å². The minimum Gasteiger partial charge on any atom is -0.305 e. The van der Waals surface area contributed by atoms with E-state index in [9.17, 15) is 0 Å². The lowest BCUT2D eigenvalue weighted by Gasteiger charge is -2.05. The summed E-state index contributed by atoms with van der Waals surface area (Å²) in [5, 5.41) is 12.8. The first-order valence-electron chi connectivity index (χ1n) is 6.98. The van der Waals surface area contributed by atoms with Crippen LogP contribution in [0.4, 0.5) is 0 Å². The van der Waals surface area contributed by atoms with Crippen LogP contribution < -0.4 is 0 Å². The van der Waals surface area contributed by atoms with Crippen LogP contribution in [0.25, 0.3) is 11.4 Å². The van der Waals surface area contributed by atoms with Crippen LogP contribution in [0.5, 0.6) is 0 Å². The highest BCUT2D eigenvalue weighted by Crippen LogP contribution is 2.32. The molecule has 7 heteroatoms. The number of thioether (sulfide) groups is 1. The molecule has 2 aromatic heterocycles. The first kappa shape index (κ1) is 16.8. The molecule has 0 fully saturated rings. The molecular formula is C16H15Cl2N3S2. The Labute approximate surface area is 153 Å². The van der Waals surface area contributed by atoms with E-state index in [0.717, 1.165) is 27.9 Å². The van der Waals surface area contributed by atoms with Crippen LogP contribution in [-0.2, 0) is 12.8 Å². The van der Waals surface area contributed by atoms with Crippen molar-refractivity contribution in [1.82, 2.24) is 14.8 Å². The van der Waals surface area contributed by atoms with E-state index in [1.165, 1.54) is 10.4 Å². The van der Waals surface area contributed by atoms with Crippen LogP contribution in [0.15, 0.2) is 28.7 Å². The highest BCUT2D eigenvalue weighted by Gasteiger charge is 2.15. The van der Waals surface area contributed by atoms with Gasteiger partial charge in [0.05, 0.1) is 10.0 Å². The van der Waals surface area contributed by atoms with E-state index in [4.69, 9.17) is 23.2 Å². The molecule has 0 unspecified atom stereocenters. The topological polar surface area (TPSA) is 30.7 Å². The minimum atomic E-state index is 0.574. The molecule has 2 heterocycles. The Balaban J connectivity index is 1.79. The number of benzene rings is 1. The average Bonchev–Trinajstić information content (AvgIpc) is 3.04. The van der Waals surface area contributed by atoms with E-state index in [2.05, 4.69) is 29.4 Å². The molecule has 0 saturated carbocycles. The maximum atomic E-state index is 6.06. The van der Waals surface area contributed by atoms with Gasteiger partial charge < -0.3 is 4.57 Å². The molecule has 0 aliphatic heterocycles. The lowest BCUT2D eigenvalue weighted by Crippen LogP contribution is -1.95. The van der Waals surface area contributed by atoms with Crippen LogP contribution in [0.2, 0.25) is 10.0 Å². The highest BCUT2D eigenvalue weighted by atomic mass is 35.5.